The first-order chi connectivity index (χ1) is 8.70. The number of nitrogens with zero attached hydrogens (tertiary/aromatic N) is 1. The smallest absolute Gasteiger partial charge is 0.336 e. The van der Waals surface area contributed by atoms with Crippen molar-refractivity contribution in [3.05, 3.63) is 35.4 Å². The molecule has 0 amide bonds. The molecule has 0 aliphatic carbocycles. The Morgan fingerprint density at radius 1 is 1.39 bits per heavy atom. The van der Waals surface area contributed by atoms with E-state index in [4.69, 9.17) is 10.2 Å². The van der Waals surface area contributed by atoms with E-state index in [0.717, 1.165) is 31.5 Å². The minimum absolute atomic E-state index is 0.240. The number of rotatable bonds is 5. The molecule has 1 fully saturated rings. The van der Waals surface area contributed by atoms with Crippen LogP contribution in [0.2, 0.25) is 0 Å². The Morgan fingerprint density at radius 2 is 2.17 bits per heavy atom. The van der Waals surface area contributed by atoms with Crippen molar-refractivity contribution in [2.75, 3.05) is 19.7 Å². The van der Waals surface area contributed by atoms with E-state index in [1.807, 2.05) is 12.1 Å². The largest absolute Gasteiger partial charge is 0.478 e. The Labute approximate surface area is 107 Å². The molecule has 1 aromatic rings. The van der Waals surface area contributed by atoms with Crippen LogP contribution in [0.25, 0.3) is 0 Å². The molecule has 1 aromatic carbocycles. The average molecular weight is 249 g/mol. The number of hydrogen-bond acceptors (Lipinski definition) is 3. The lowest BCUT2D eigenvalue weighted by Gasteiger charge is -2.17. The molecule has 0 radical (unpaired) electrons. The zero-order valence-electron chi connectivity index (χ0n) is 10.4. The summed E-state index contributed by atoms with van der Waals surface area (Å²) in [6.07, 6.45) is 1.94. The molecule has 1 aliphatic rings. The van der Waals surface area contributed by atoms with E-state index in [-0.39, 0.29) is 6.61 Å². The monoisotopic (exact) mass is 249 g/mol. The Kier molecular flexibility index (Phi) is 4.33. The molecule has 2 rings (SSSR count). The predicted octanol–water partition coefficient (Wildman–Crippen LogP) is 1.59. The molecule has 0 saturated carbocycles. The lowest BCUT2D eigenvalue weighted by molar-refractivity contribution is 0.0694. The number of aromatic carboxylic acids is 1. The number of likely N-dealkylation sites (tertiary alicyclic amines) is 1. The highest BCUT2D eigenvalue weighted by molar-refractivity contribution is 5.89. The maximum Gasteiger partial charge on any atom is 0.336 e. The minimum atomic E-state index is -0.864. The Morgan fingerprint density at radius 3 is 2.89 bits per heavy atom. The molecule has 0 spiro atoms. The van der Waals surface area contributed by atoms with Crippen LogP contribution >= 0.6 is 0 Å². The predicted molar refractivity (Wildman–Crippen MR) is 68.5 cm³/mol. The van der Waals surface area contributed by atoms with Crippen molar-refractivity contribution in [2.24, 2.45) is 5.92 Å². The minimum Gasteiger partial charge on any atom is -0.478 e. The van der Waals surface area contributed by atoms with Gasteiger partial charge in [-0.2, -0.15) is 0 Å². The summed E-state index contributed by atoms with van der Waals surface area (Å²) in [5, 5.41) is 18.0. The standard InChI is InChI=1S/C14H19NO3/c16-8-6-11-5-7-15(9-11)10-12-3-1-2-4-13(12)14(17)18/h1-4,11,16H,5-10H2,(H,17,18). The molecule has 4 nitrogen and oxygen atoms in total. The van der Waals surface area contributed by atoms with Gasteiger partial charge in [-0.15, -0.1) is 0 Å². The van der Waals surface area contributed by atoms with Gasteiger partial charge in [0, 0.05) is 19.7 Å². The number of carboxylic acid groups (broad SMARTS) is 1. The van der Waals surface area contributed by atoms with Crippen LogP contribution in [0.3, 0.4) is 0 Å². The molecular formula is C14H19NO3. The Hall–Kier alpha value is -1.39. The van der Waals surface area contributed by atoms with Crippen molar-refractivity contribution < 1.29 is 15.0 Å². The van der Waals surface area contributed by atoms with E-state index in [9.17, 15) is 4.79 Å². The van der Waals surface area contributed by atoms with Gasteiger partial charge in [0.05, 0.1) is 5.56 Å². The van der Waals surface area contributed by atoms with E-state index in [1.54, 1.807) is 12.1 Å². The molecular weight excluding hydrogens is 230 g/mol. The maximum absolute atomic E-state index is 11.1. The van der Waals surface area contributed by atoms with Crippen molar-refractivity contribution in [1.29, 1.82) is 0 Å². The van der Waals surface area contributed by atoms with Gasteiger partial charge in [0.2, 0.25) is 0 Å². The van der Waals surface area contributed by atoms with Gasteiger partial charge in [0.1, 0.15) is 0 Å². The zero-order chi connectivity index (χ0) is 13.0. The molecule has 2 N–H and O–H groups in total. The first-order valence-electron chi connectivity index (χ1n) is 6.35. The van der Waals surface area contributed by atoms with Gasteiger partial charge in [-0.25, -0.2) is 4.79 Å². The highest BCUT2D eigenvalue weighted by atomic mass is 16.4. The third-order valence-corrected chi connectivity index (χ3v) is 3.55. The zero-order valence-corrected chi connectivity index (χ0v) is 10.4. The molecule has 0 bridgehead atoms. The summed E-state index contributed by atoms with van der Waals surface area (Å²) < 4.78 is 0. The summed E-state index contributed by atoms with van der Waals surface area (Å²) in [4.78, 5) is 13.4. The van der Waals surface area contributed by atoms with E-state index in [2.05, 4.69) is 4.90 Å². The Bertz CT molecular complexity index is 419. The van der Waals surface area contributed by atoms with Crippen LogP contribution in [-0.2, 0) is 6.54 Å². The van der Waals surface area contributed by atoms with Crippen LogP contribution in [0.5, 0.6) is 0 Å². The average Bonchev–Trinajstić information content (AvgIpc) is 2.77. The number of hydrogen-bond donors (Lipinski definition) is 2. The highest BCUT2D eigenvalue weighted by Gasteiger charge is 2.23. The molecule has 1 aliphatic heterocycles. The van der Waals surface area contributed by atoms with Gasteiger partial charge in [0.25, 0.3) is 0 Å². The molecule has 1 saturated heterocycles. The molecule has 98 valence electrons. The van der Waals surface area contributed by atoms with Gasteiger partial charge in [-0.3, -0.25) is 4.90 Å². The van der Waals surface area contributed by atoms with Crippen LogP contribution in [0.15, 0.2) is 24.3 Å². The summed E-state index contributed by atoms with van der Waals surface area (Å²) in [5.74, 6) is -0.316. The highest BCUT2D eigenvalue weighted by Crippen LogP contribution is 2.22. The number of aliphatic hydroxyl groups is 1. The van der Waals surface area contributed by atoms with Crippen molar-refractivity contribution in [1.82, 2.24) is 4.90 Å². The van der Waals surface area contributed by atoms with Crippen LogP contribution in [-0.4, -0.2) is 40.8 Å². The van der Waals surface area contributed by atoms with Gasteiger partial charge < -0.3 is 10.2 Å². The second-order valence-corrected chi connectivity index (χ2v) is 4.86. The van der Waals surface area contributed by atoms with Crippen LogP contribution in [0.4, 0.5) is 0 Å². The molecule has 1 heterocycles. The van der Waals surface area contributed by atoms with Gasteiger partial charge in [-0.1, -0.05) is 18.2 Å². The normalized spacial score (nSPS) is 20.2. The van der Waals surface area contributed by atoms with Gasteiger partial charge >= 0.3 is 5.97 Å². The quantitative estimate of drug-likeness (QED) is 0.832. The lowest BCUT2D eigenvalue weighted by atomic mass is 10.1. The third kappa shape index (κ3) is 3.09. The van der Waals surface area contributed by atoms with Crippen molar-refractivity contribution in [3.8, 4) is 0 Å². The van der Waals surface area contributed by atoms with Crippen molar-refractivity contribution >= 4 is 5.97 Å². The topological polar surface area (TPSA) is 60.8 Å². The van der Waals surface area contributed by atoms with Crippen molar-refractivity contribution in [3.63, 3.8) is 0 Å². The summed E-state index contributed by atoms with van der Waals surface area (Å²) in [7, 11) is 0. The summed E-state index contributed by atoms with van der Waals surface area (Å²) in [6, 6.07) is 7.16. The van der Waals surface area contributed by atoms with Crippen LogP contribution < -0.4 is 0 Å². The summed E-state index contributed by atoms with van der Waals surface area (Å²) in [6.45, 7) is 2.86. The van der Waals surface area contributed by atoms with Crippen molar-refractivity contribution in [2.45, 2.75) is 19.4 Å². The fourth-order valence-corrected chi connectivity index (χ4v) is 2.58. The van der Waals surface area contributed by atoms with Crippen LogP contribution in [0.1, 0.15) is 28.8 Å². The molecule has 1 unspecified atom stereocenters. The first kappa shape index (κ1) is 13.1. The van der Waals surface area contributed by atoms with Gasteiger partial charge in [0.15, 0.2) is 0 Å². The lowest BCUT2D eigenvalue weighted by Crippen LogP contribution is -2.21. The number of benzene rings is 1. The molecule has 18 heavy (non-hydrogen) atoms. The van der Waals surface area contributed by atoms with E-state index >= 15 is 0 Å². The molecule has 1 atom stereocenters. The first-order valence-corrected chi connectivity index (χ1v) is 6.35. The van der Waals surface area contributed by atoms with E-state index in [1.165, 1.54) is 0 Å². The second kappa shape index (κ2) is 5.98. The molecule has 4 heteroatoms. The fraction of sp³-hybridized carbons (Fsp3) is 0.500. The third-order valence-electron chi connectivity index (χ3n) is 3.55. The van der Waals surface area contributed by atoms with Crippen LogP contribution in [0, 0.1) is 5.92 Å². The fourth-order valence-electron chi connectivity index (χ4n) is 2.58. The Balaban J connectivity index is 2.00. The van der Waals surface area contributed by atoms with E-state index < -0.39 is 5.97 Å². The summed E-state index contributed by atoms with van der Waals surface area (Å²) >= 11 is 0. The summed E-state index contributed by atoms with van der Waals surface area (Å²) in [5.41, 5.74) is 1.26. The number of aliphatic hydroxyl groups excluding tert-OH is 1. The molecule has 0 aromatic heterocycles. The SMILES string of the molecule is O=C(O)c1ccccc1CN1CCC(CCO)C1. The second-order valence-electron chi connectivity index (χ2n) is 4.86. The number of carbonyl (C=O) groups is 1. The van der Waals surface area contributed by atoms with Gasteiger partial charge in [-0.05, 0) is 36.9 Å². The maximum atomic E-state index is 11.1. The number of carboxylic acids is 1. The van der Waals surface area contributed by atoms with E-state index in [0.29, 0.717) is 18.0 Å².